The van der Waals surface area contributed by atoms with E-state index < -0.39 is 18.1 Å². The molecule has 1 fully saturated rings. The third-order valence-corrected chi connectivity index (χ3v) is 5.10. The number of terminal acetylenes is 1. The monoisotopic (exact) mass is 370 g/mol. The van der Waals surface area contributed by atoms with E-state index in [1.807, 2.05) is 13.0 Å². The first-order valence-electron chi connectivity index (χ1n) is 8.87. The molecular formula is C20H23FN4O2. The Labute approximate surface area is 157 Å². The molecule has 0 spiro atoms. The van der Waals surface area contributed by atoms with Crippen LogP contribution in [0.3, 0.4) is 0 Å². The van der Waals surface area contributed by atoms with Crippen LogP contribution < -0.4 is 0 Å². The van der Waals surface area contributed by atoms with E-state index in [2.05, 4.69) is 16.1 Å². The number of benzene rings is 1. The molecule has 1 aliphatic heterocycles. The maximum atomic E-state index is 13.7. The van der Waals surface area contributed by atoms with Gasteiger partial charge in [-0.25, -0.2) is 4.39 Å². The maximum Gasteiger partial charge on any atom is 0.254 e. The highest BCUT2D eigenvalue weighted by molar-refractivity contribution is 5.98. The van der Waals surface area contributed by atoms with Crippen molar-refractivity contribution < 1.29 is 14.0 Å². The van der Waals surface area contributed by atoms with Gasteiger partial charge in [0.2, 0.25) is 5.91 Å². The molecule has 1 aromatic heterocycles. The van der Waals surface area contributed by atoms with Crippen molar-refractivity contribution in [2.24, 2.45) is 5.41 Å². The normalized spacial score (nSPS) is 17.8. The van der Waals surface area contributed by atoms with Crippen LogP contribution >= 0.6 is 0 Å². The zero-order valence-corrected chi connectivity index (χ0v) is 15.8. The fraction of sp³-hybridized carbons (Fsp3) is 0.450. The number of amides is 2. The molecule has 2 aromatic rings. The number of nitrogens with one attached hydrogen (secondary N) is 1. The van der Waals surface area contributed by atoms with Gasteiger partial charge in [-0.1, -0.05) is 12.0 Å². The van der Waals surface area contributed by atoms with E-state index in [0.717, 1.165) is 11.1 Å². The minimum Gasteiger partial charge on any atom is -0.337 e. The van der Waals surface area contributed by atoms with Crippen LogP contribution in [0.25, 0.3) is 10.9 Å². The fourth-order valence-electron chi connectivity index (χ4n) is 3.34. The molecule has 1 N–H and O–H groups in total. The van der Waals surface area contributed by atoms with Crippen molar-refractivity contribution in [3.8, 4) is 12.3 Å². The largest absolute Gasteiger partial charge is 0.337 e. The van der Waals surface area contributed by atoms with Gasteiger partial charge >= 0.3 is 0 Å². The Hall–Kier alpha value is -2.88. The van der Waals surface area contributed by atoms with Gasteiger partial charge in [0.15, 0.2) is 0 Å². The number of alkyl halides is 1. The van der Waals surface area contributed by atoms with Gasteiger partial charge in [0.05, 0.1) is 11.6 Å². The molecule has 0 radical (unpaired) electrons. The number of carbonyl (C=O) groups excluding carboxylic acids is 2. The van der Waals surface area contributed by atoms with Crippen LogP contribution in [-0.2, 0) is 4.79 Å². The van der Waals surface area contributed by atoms with Crippen molar-refractivity contribution in [3.05, 3.63) is 29.5 Å². The first-order chi connectivity index (χ1) is 12.8. The number of hydrogen-bond acceptors (Lipinski definition) is 3. The number of fused-ring (bicyclic) bond motifs is 1. The van der Waals surface area contributed by atoms with E-state index >= 15 is 0 Å². The molecule has 6 nitrogen and oxygen atoms in total. The Morgan fingerprint density at radius 2 is 2.15 bits per heavy atom. The predicted molar refractivity (Wildman–Crippen MR) is 101 cm³/mol. The highest BCUT2D eigenvalue weighted by atomic mass is 19.1. The smallest absolute Gasteiger partial charge is 0.254 e. The third kappa shape index (κ3) is 3.39. The van der Waals surface area contributed by atoms with E-state index in [-0.39, 0.29) is 24.9 Å². The number of nitrogens with zero attached hydrogens (tertiary/aromatic N) is 3. The quantitative estimate of drug-likeness (QED) is 0.842. The van der Waals surface area contributed by atoms with Gasteiger partial charge in [-0.3, -0.25) is 14.7 Å². The van der Waals surface area contributed by atoms with Crippen LogP contribution in [0.5, 0.6) is 0 Å². The lowest BCUT2D eigenvalue weighted by Gasteiger charge is -2.42. The van der Waals surface area contributed by atoms with Gasteiger partial charge in [0.25, 0.3) is 5.91 Å². The summed E-state index contributed by atoms with van der Waals surface area (Å²) in [6.07, 6.45) is 5.44. The van der Waals surface area contributed by atoms with Crippen molar-refractivity contribution >= 4 is 22.7 Å². The number of aromatic nitrogens is 2. The van der Waals surface area contributed by atoms with Crippen molar-refractivity contribution in [1.29, 1.82) is 0 Å². The summed E-state index contributed by atoms with van der Waals surface area (Å²) in [4.78, 5) is 28.5. The summed E-state index contributed by atoms with van der Waals surface area (Å²) < 4.78 is 13.7. The summed E-state index contributed by atoms with van der Waals surface area (Å²) >= 11 is 0. The summed E-state index contributed by atoms with van der Waals surface area (Å²) in [6.45, 7) is 5.24. The molecule has 7 heteroatoms. The third-order valence-electron chi connectivity index (χ3n) is 5.10. The molecule has 27 heavy (non-hydrogen) atoms. The lowest BCUT2D eigenvalue weighted by Crippen LogP contribution is -2.59. The van der Waals surface area contributed by atoms with E-state index in [0.29, 0.717) is 17.6 Å². The summed E-state index contributed by atoms with van der Waals surface area (Å²) in [6, 6.07) is 4.57. The van der Waals surface area contributed by atoms with Crippen molar-refractivity contribution in [1.82, 2.24) is 20.0 Å². The summed E-state index contributed by atoms with van der Waals surface area (Å²) in [7, 11) is 0. The molecule has 0 saturated carbocycles. The number of rotatable bonds is 3. The minimum absolute atomic E-state index is 0.135. The van der Waals surface area contributed by atoms with Gasteiger partial charge in [0, 0.05) is 36.3 Å². The lowest BCUT2D eigenvalue weighted by molar-refractivity contribution is -0.140. The number of H-pyrrole nitrogens is 1. The summed E-state index contributed by atoms with van der Waals surface area (Å²) in [5.41, 5.74) is 1.13. The van der Waals surface area contributed by atoms with Gasteiger partial charge in [0.1, 0.15) is 12.1 Å². The van der Waals surface area contributed by atoms with E-state index in [9.17, 15) is 14.0 Å². The second kappa shape index (κ2) is 7.03. The average Bonchev–Trinajstić information content (AvgIpc) is 3.06. The van der Waals surface area contributed by atoms with Gasteiger partial charge in [-0.15, -0.1) is 6.42 Å². The Morgan fingerprint density at radius 1 is 1.41 bits per heavy atom. The predicted octanol–water partition coefficient (Wildman–Crippen LogP) is 2.15. The SMILES string of the molecule is C#CC(C)(C)C(=O)N1CCN(C(=O)c2ccc3c(C)[nH]nc3c2)C(CF)C1. The molecule has 1 saturated heterocycles. The van der Waals surface area contributed by atoms with E-state index in [1.54, 1.807) is 30.9 Å². The minimum atomic E-state index is -0.949. The Morgan fingerprint density at radius 3 is 2.81 bits per heavy atom. The molecular weight excluding hydrogens is 347 g/mol. The van der Waals surface area contributed by atoms with E-state index in [4.69, 9.17) is 6.42 Å². The molecule has 142 valence electrons. The highest BCUT2D eigenvalue weighted by Gasteiger charge is 2.37. The van der Waals surface area contributed by atoms with Crippen LogP contribution in [0.15, 0.2) is 18.2 Å². The standard InChI is InChI=1S/C20H23FN4O2/c1-5-20(3,4)19(27)24-8-9-25(15(11-21)12-24)18(26)14-6-7-16-13(2)22-23-17(16)10-14/h1,6-7,10,15H,8-9,11-12H2,2-4H3,(H,22,23). The first kappa shape index (κ1) is 18.9. The second-order valence-corrected chi connectivity index (χ2v) is 7.41. The number of carbonyl (C=O) groups is 2. The van der Waals surface area contributed by atoms with Crippen molar-refractivity contribution in [3.63, 3.8) is 0 Å². The molecule has 1 aromatic carbocycles. The van der Waals surface area contributed by atoms with E-state index in [1.165, 1.54) is 4.90 Å². The molecule has 1 unspecified atom stereocenters. The molecule has 2 heterocycles. The van der Waals surface area contributed by atoms with Crippen LogP contribution in [0.2, 0.25) is 0 Å². The highest BCUT2D eigenvalue weighted by Crippen LogP contribution is 2.23. The lowest BCUT2D eigenvalue weighted by atomic mass is 9.92. The van der Waals surface area contributed by atoms with Crippen LogP contribution in [0.1, 0.15) is 29.9 Å². The van der Waals surface area contributed by atoms with Crippen LogP contribution in [-0.4, -0.2) is 64.2 Å². The second-order valence-electron chi connectivity index (χ2n) is 7.41. The average molecular weight is 370 g/mol. The molecule has 1 aliphatic rings. The maximum absolute atomic E-state index is 13.7. The summed E-state index contributed by atoms with van der Waals surface area (Å²) in [5, 5.41) is 8.01. The first-order valence-corrected chi connectivity index (χ1v) is 8.87. The molecule has 0 bridgehead atoms. The zero-order chi connectivity index (χ0) is 19.8. The summed E-state index contributed by atoms with van der Waals surface area (Å²) in [5.74, 6) is 2.00. The number of aromatic amines is 1. The van der Waals surface area contributed by atoms with Crippen molar-refractivity contribution in [2.75, 3.05) is 26.3 Å². The van der Waals surface area contributed by atoms with Gasteiger partial charge < -0.3 is 9.80 Å². The molecule has 2 amide bonds. The number of hydrogen-bond donors (Lipinski definition) is 1. The number of piperazine rings is 1. The van der Waals surface area contributed by atoms with Crippen LogP contribution in [0, 0.1) is 24.7 Å². The molecule has 0 aliphatic carbocycles. The van der Waals surface area contributed by atoms with Gasteiger partial charge in [-0.2, -0.15) is 5.10 Å². The van der Waals surface area contributed by atoms with Gasteiger partial charge in [-0.05, 0) is 32.9 Å². The fourth-order valence-corrected chi connectivity index (χ4v) is 3.34. The number of aryl methyl sites for hydroxylation is 1. The topological polar surface area (TPSA) is 69.3 Å². The Kier molecular flexibility index (Phi) is 4.92. The molecule has 1 atom stereocenters. The Bertz CT molecular complexity index is 928. The van der Waals surface area contributed by atoms with Crippen LogP contribution in [0.4, 0.5) is 4.39 Å². The zero-order valence-electron chi connectivity index (χ0n) is 15.8. The number of halogens is 1. The molecule has 3 rings (SSSR count). The Balaban J connectivity index is 1.79. The van der Waals surface area contributed by atoms with Crippen molar-refractivity contribution in [2.45, 2.75) is 26.8 Å².